The van der Waals surface area contributed by atoms with Gasteiger partial charge in [-0.1, -0.05) is 12.8 Å². The first kappa shape index (κ1) is 15.3. The van der Waals surface area contributed by atoms with Crippen LogP contribution in [0.3, 0.4) is 0 Å². The molecule has 3 atom stereocenters. The summed E-state index contributed by atoms with van der Waals surface area (Å²) in [4.78, 5) is 16.4. The van der Waals surface area contributed by atoms with E-state index in [9.17, 15) is 9.18 Å². The number of nitrogens with one attached hydrogen (secondary N) is 2. The number of fused-ring (bicyclic) bond motifs is 1. The number of carbonyl (C=O) groups is 1. The van der Waals surface area contributed by atoms with Crippen LogP contribution in [0.15, 0.2) is 36.9 Å². The number of anilines is 1. The highest BCUT2D eigenvalue weighted by Crippen LogP contribution is 2.33. The van der Waals surface area contributed by atoms with E-state index in [1.54, 1.807) is 35.4 Å². The Bertz CT molecular complexity index is 717. The van der Waals surface area contributed by atoms with Crippen molar-refractivity contribution in [2.75, 3.05) is 5.32 Å². The lowest BCUT2D eigenvalue weighted by atomic mass is 9.85. The van der Waals surface area contributed by atoms with Crippen LogP contribution in [0.2, 0.25) is 0 Å². The number of aromatic nitrogens is 2. The molecule has 0 spiro atoms. The van der Waals surface area contributed by atoms with Gasteiger partial charge in [-0.2, -0.15) is 0 Å². The Hall–Kier alpha value is -2.21. The summed E-state index contributed by atoms with van der Waals surface area (Å²) in [7, 11) is 0. The highest BCUT2D eigenvalue weighted by Gasteiger charge is 2.38. The van der Waals surface area contributed by atoms with Gasteiger partial charge in [0.1, 0.15) is 5.82 Å². The molecule has 1 amide bonds. The van der Waals surface area contributed by atoms with Gasteiger partial charge in [0.25, 0.3) is 0 Å². The average molecular weight is 328 g/mol. The Balaban J connectivity index is 1.44. The fourth-order valence-corrected chi connectivity index (χ4v) is 3.95. The van der Waals surface area contributed by atoms with Gasteiger partial charge in [0, 0.05) is 24.1 Å². The molecule has 2 N–H and O–H groups in total. The van der Waals surface area contributed by atoms with Crippen LogP contribution in [0.4, 0.5) is 10.1 Å². The molecule has 1 aliphatic heterocycles. The number of carbonyl (C=O) groups excluding carboxylic acids is 1. The first-order valence-corrected chi connectivity index (χ1v) is 8.55. The van der Waals surface area contributed by atoms with E-state index in [1.807, 2.05) is 0 Å². The van der Waals surface area contributed by atoms with E-state index in [4.69, 9.17) is 0 Å². The maximum absolute atomic E-state index is 14.3. The predicted molar refractivity (Wildman–Crippen MR) is 89.4 cm³/mol. The lowest BCUT2D eigenvalue weighted by molar-refractivity contribution is -0.117. The molecule has 6 heteroatoms. The number of hydrogen-bond donors (Lipinski definition) is 2. The van der Waals surface area contributed by atoms with E-state index < -0.39 is 0 Å². The molecule has 5 nitrogen and oxygen atoms in total. The second-order valence-electron chi connectivity index (χ2n) is 6.73. The Labute approximate surface area is 140 Å². The van der Waals surface area contributed by atoms with Crippen LogP contribution in [0.5, 0.6) is 0 Å². The summed E-state index contributed by atoms with van der Waals surface area (Å²) in [6.07, 6.45) is 10.6. The van der Waals surface area contributed by atoms with Crippen LogP contribution in [-0.2, 0) is 4.79 Å². The molecule has 4 rings (SSSR count). The van der Waals surface area contributed by atoms with E-state index in [2.05, 4.69) is 15.6 Å². The highest BCUT2D eigenvalue weighted by atomic mass is 19.1. The smallest absolute Gasteiger partial charge is 0.241 e. The fourth-order valence-electron chi connectivity index (χ4n) is 3.95. The van der Waals surface area contributed by atoms with Crippen LogP contribution in [0, 0.1) is 11.7 Å². The normalized spacial score (nSPS) is 26.1. The number of rotatable bonds is 3. The Morgan fingerprint density at radius 3 is 2.96 bits per heavy atom. The number of benzene rings is 1. The van der Waals surface area contributed by atoms with Crippen molar-refractivity contribution >= 4 is 11.6 Å². The SMILES string of the molecule is O=C(Nc1ccc(-n2ccnc2)c(F)c1)C1CC2CCCCC2N1. The number of imidazole rings is 1. The number of amides is 1. The summed E-state index contributed by atoms with van der Waals surface area (Å²) in [6, 6.07) is 5.02. The second kappa shape index (κ2) is 6.36. The summed E-state index contributed by atoms with van der Waals surface area (Å²) in [5.41, 5.74) is 0.897. The zero-order chi connectivity index (χ0) is 16.5. The molecule has 1 saturated carbocycles. The molecule has 1 aromatic heterocycles. The minimum absolute atomic E-state index is 0.0702. The van der Waals surface area contributed by atoms with Crippen molar-refractivity contribution in [2.45, 2.75) is 44.2 Å². The van der Waals surface area contributed by atoms with Gasteiger partial charge in [-0.25, -0.2) is 9.37 Å². The van der Waals surface area contributed by atoms with Crippen molar-refractivity contribution in [1.29, 1.82) is 0 Å². The molecular weight excluding hydrogens is 307 g/mol. The van der Waals surface area contributed by atoms with Gasteiger partial charge in [-0.05, 0) is 43.4 Å². The molecule has 1 saturated heterocycles. The van der Waals surface area contributed by atoms with Crippen molar-refractivity contribution < 1.29 is 9.18 Å². The maximum Gasteiger partial charge on any atom is 0.241 e. The van der Waals surface area contributed by atoms with Crippen LogP contribution < -0.4 is 10.6 Å². The molecule has 2 aromatic rings. The van der Waals surface area contributed by atoms with Crippen molar-refractivity contribution in [3.05, 3.63) is 42.7 Å². The largest absolute Gasteiger partial charge is 0.325 e. The van der Waals surface area contributed by atoms with E-state index in [0.717, 1.165) is 12.8 Å². The Morgan fingerprint density at radius 2 is 2.21 bits per heavy atom. The van der Waals surface area contributed by atoms with Gasteiger partial charge < -0.3 is 15.2 Å². The molecule has 0 bridgehead atoms. The van der Waals surface area contributed by atoms with Crippen molar-refractivity contribution in [3.8, 4) is 5.69 Å². The standard InChI is InChI=1S/C18H21FN4O/c19-14-10-13(5-6-17(14)23-8-7-20-11-23)21-18(24)16-9-12-3-1-2-4-15(12)22-16/h5-8,10-12,15-16,22H,1-4,9H2,(H,21,24). The van der Waals surface area contributed by atoms with Gasteiger partial charge >= 0.3 is 0 Å². The first-order valence-electron chi connectivity index (χ1n) is 8.55. The van der Waals surface area contributed by atoms with E-state index >= 15 is 0 Å². The second-order valence-corrected chi connectivity index (χ2v) is 6.73. The monoisotopic (exact) mass is 328 g/mol. The highest BCUT2D eigenvalue weighted by molar-refractivity contribution is 5.95. The Kier molecular flexibility index (Phi) is 4.06. The number of halogens is 1. The zero-order valence-electron chi connectivity index (χ0n) is 13.4. The molecule has 126 valence electrons. The van der Waals surface area contributed by atoms with Gasteiger partial charge in [0.2, 0.25) is 5.91 Å². The third-order valence-electron chi connectivity index (χ3n) is 5.18. The molecule has 1 aliphatic carbocycles. The lowest BCUT2D eigenvalue weighted by Crippen LogP contribution is -2.39. The topological polar surface area (TPSA) is 59.0 Å². The van der Waals surface area contributed by atoms with Gasteiger partial charge in [0.15, 0.2) is 0 Å². The van der Waals surface area contributed by atoms with E-state index in [0.29, 0.717) is 23.3 Å². The van der Waals surface area contributed by atoms with Crippen LogP contribution in [-0.4, -0.2) is 27.5 Å². The zero-order valence-corrected chi connectivity index (χ0v) is 13.4. The molecule has 2 heterocycles. The van der Waals surface area contributed by atoms with Gasteiger partial charge in [-0.15, -0.1) is 0 Å². The minimum Gasteiger partial charge on any atom is -0.325 e. The van der Waals surface area contributed by atoms with Crippen LogP contribution >= 0.6 is 0 Å². The molecule has 24 heavy (non-hydrogen) atoms. The summed E-state index contributed by atoms with van der Waals surface area (Å²) < 4.78 is 15.9. The molecule has 2 aliphatic rings. The Morgan fingerprint density at radius 1 is 1.33 bits per heavy atom. The van der Waals surface area contributed by atoms with Crippen molar-refractivity contribution in [3.63, 3.8) is 0 Å². The maximum atomic E-state index is 14.3. The first-order chi connectivity index (χ1) is 11.7. The van der Waals surface area contributed by atoms with E-state index in [-0.39, 0.29) is 17.8 Å². The molecule has 2 fully saturated rings. The number of nitrogens with zero attached hydrogens (tertiary/aromatic N) is 2. The summed E-state index contributed by atoms with van der Waals surface area (Å²) in [5, 5.41) is 6.28. The third-order valence-corrected chi connectivity index (χ3v) is 5.18. The summed E-state index contributed by atoms with van der Waals surface area (Å²) in [6.45, 7) is 0. The van der Waals surface area contributed by atoms with Gasteiger partial charge in [-0.3, -0.25) is 4.79 Å². The predicted octanol–water partition coefficient (Wildman–Crippen LogP) is 2.87. The molecule has 1 aromatic carbocycles. The molecule has 0 radical (unpaired) electrons. The number of hydrogen-bond acceptors (Lipinski definition) is 3. The average Bonchev–Trinajstić information content (AvgIpc) is 3.24. The quantitative estimate of drug-likeness (QED) is 0.911. The molecule has 3 unspecified atom stereocenters. The van der Waals surface area contributed by atoms with Crippen LogP contribution in [0.1, 0.15) is 32.1 Å². The fraction of sp³-hybridized carbons (Fsp3) is 0.444. The third kappa shape index (κ3) is 2.94. The molecular formula is C18H21FN4O. The minimum atomic E-state index is -0.390. The van der Waals surface area contributed by atoms with Crippen molar-refractivity contribution in [2.24, 2.45) is 5.92 Å². The van der Waals surface area contributed by atoms with Crippen molar-refractivity contribution in [1.82, 2.24) is 14.9 Å². The lowest BCUT2D eigenvalue weighted by Gasteiger charge is -2.24. The van der Waals surface area contributed by atoms with Crippen LogP contribution in [0.25, 0.3) is 5.69 Å². The van der Waals surface area contributed by atoms with E-state index in [1.165, 1.54) is 25.3 Å². The summed E-state index contributed by atoms with van der Waals surface area (Å²) >= 11 is 0. The summed E-state index contributed by atoms with van der Waals surface area (Å²) in [5.74, 6) is 0.146. The van der Waals surface area contributed by atoms with Gasteiger partial charge in [0.05, 0.1) is 18.1 Å².